The van der Waals surface area contributed by atoms with E-state index in [2.05, 4.69) is 30.7 Å². The predicted molar refractivity (Wildman–Crippen MR) is 85.9 cm³/mol. The molecular formula is C15H23N3S. The van der Waals surface area contributed by atoms with Gasteiger partial charge in [-0.1, -0.05) is 13.8 Å². The molecular weight excluding hydrogens is 254 g/mol. The predicted octanol–water partition coefficient (Wildman–Crippen LogP) is 3.89. The van der Waals surface area contributed by atoms with E-state index in [0.717, 1.165) is 17.7 Å². The normalized spacial score (nSPS) is 11.6. The van der Waals surface area contributed by atoms with Crippen LogP contribution in [0.15, 0.2) is 18.2 Å². The number of unbranched alkanes of at least 4 members (excludes halogenated alkanes) is 1. The fourth-order valence-electron chi connectivity index (χ4n) is 2.36. The minimum atomic E-state index is 0.439. The van der Waals surface area contributed by atoms with Gasteiger partial charge in [0.05, 0.1) is 11.0 Å². The minimum Gasteiger partial charge on any atom is -0.399 e. The van der Waals surface area contributed by atoms with Crippen molar-refractivity contribution in [2.75, 3.05) is 17.7 Å². The van der Waals surface area contributed by atoms with Gasteiger partial charge < -0.3 is 10.3 Å². The van der Waals surface area contributed by atoms with E-state index in [1.165, 1.54) is 29.9 Å². The Kier molecular flexibility index (Phi) is 4.75. The highest BCUT2D eigenvalue weighted by Gasteiger charge is 2.13. The van der Waals surface area contributed by atoms with Crippen LogP contribution in [0, 0.1) is 0 Å². The molecule has 1 aromatic carbocycles. The Morgan fingerprint density at radius 1 is 1.32 bits per heavy atom. The third-order valence-corrected chi connectivity index (χ3v) is 4.00. The lowest BCUT2D eigenvalue weighted by atomic mass is 10.2. The number of thioether (sulfide) groups is 1. The van der Waals surface area contributed by atoms with Crippen molar-refractivity contribution in [3.63, 3.8) is 0 Å². The van der Waals surface area contributed by atoms with Crippen molar-refractivity contribution in [1.29, 1.82) is 0 Å². The van der Waals surface area contributed by atoms with E-state index in [0.29, 0.717) is 5.92 Å². The Bertz CT molecular complexity index is 546. The number of nitrogens with zero attached hydrogens (tertiary/aromatic N) is 2. The summed E-state index contributed by atoms with van der Waals surface area (Å²) in [5, 5.41) is 0. The Morgan fingerprint density at radius 3 is 2.79 bits per heavy atom. The van der Waals surface area contributed by atoms with Crippen LogP contribution in [-0.2, 0) is 6.54 Å². The minimum absolute atomic E-state index is 0.439. The molecule has 0 unspecified atom stereocenters. The Balaban J connectivity index is 2.30. The van der Waals surface area contributed by atoms with E-state index in [-0.39, 0.29) is 0 Å². The van der Waals surface area contributed by atoms with Crippen LogP contribution in [0.3, 0.4) is 0 Å². The number of nitrogens with two attached hydrogens (primary N) is 1. The molecule has 19 heavy (non-hydrogen) atoms. The first kappa shape index (κ1) is 14.3. The van der Waals surface area contributed by atoms with Crippen molar-refractivity contribution in [3.8, 4) is 0 Å². The molecule has 1 aromatic heterocycles. The molecule has 0 spiro atoms. The SMILES string of the molecule is CSCCCCn1c(C(C)C)nc2cc(N)ccc21. The zero-order valence-corrected chi connectivity index (χ0v) is 12.8. The highest BCUT2D eigenvalue weighted by atomic mass is 32.2. The van der Waals surface area contributed by atoms with E-state index in [1.54, 1.807) is 0 Å². The third kappa shape index (κ3) is 3.24. The summed E-state index contributed by atoms with van der Waals surface area (Å²) in [7, 11) is 0. The molecule has 4 heteroatoms. The van der Waals surface area contributed by atoms with Crippen LogP contribution < -0.4 is 5.73 Å². The third-order valence-electron chi connectivity index (χ3n) is 3.30. The lowest BCUT2D eigenvalue weighted by Crippen LogP contribution is -2.06. The van der Waals surface area contributed by atoms with Gasteiger partial charge in [0.1, 0.15) is 5.82 Å². The number of hydrogen-bond acceptors (Lipinski definition) is 3. The molecule has 2 aromatic rings. The van der Waals surface area contributed by atoms with Crippen molar-refractivity contribution in [3.05, 3.63) is 24.0 Å². The number of fused-ring (bicyclic) bond motifs is 1. The monoisotopic (exact) mass is 277 g/mol. The second-order valence-electron chi connectivity index (χ2n) is 5.22. The summed E-state index contributed by atoms with van der Waals surface area (Å²) in [5.41, 5.74) is 8.87. The van der Waals surface area contributed by atoms with Gasteiger partial charge in [-0.25, -0.2) is 4.98 Å². The molecule has 0 radical (unpaired) electrons. The molecule has 0 fully saturated rings. The molecule has 2 N–H and O–H groups in total. The number of benzene rings is 1. The summed E-state index contributed by atoms with van der Waals surface area (Å²) in [6.07, 6.45) is 4.62. The van der Waals surface area contributed by atoms with Crippen LogP contribution in [0.4, 0.5) is 5.69 Å². The van der Waals surface area contributed by atoms with Crippen molar-refractivity contribution >= 4 is 28.5 Å². The van der Waals surface area contributed by atoms with Gasteiger partial charge in [-0.05, 0) is 43.0 Å². The lowest BCUT2D eigenvalue weighted by molar-refractivity contribution is 0.597. The molecule has 2 rings (SSSR count). The largest absolute Gasteiger partial charge is 0.399 e. The van der Waals surface area contributed by atoms with Crippen molar-refractivity contribution in [2.24, 2.45) is 0 Å². The van der Waals surface area contributed by atoms with Gasteiger partial charge in [-0.15, -0.1) is 0 Å². The lowest BCUT2D eigenvalue weighted by Gasteiger charge is -2.11. The molecule has 0 aliphatic rings. The van der Waals surface area contributed by atoms with Crippen molar-refractivity contribution in [1.82, 2.24) is 9.55 Å². The number of rotatable bonds is 6. The number of aromatic nitrogens is 2. The van der Waals surface area contributed by atoms with Crippen LogP contribution in [0.5, 0.6) is 0 Å². The van der Waals surface area contributed by atoms with E-state index >= 15 is 0 Å². The number of aryl methyl sites for hydroxylation is 1. The molecule has 0 amide bonds. The van der Waals surface area contributed by atoms with Gasteiger partial charge in [0.15, 0.2) is 0 Å². The maximum atomic E-state index is 5.85. The van der Waals surface area contributed by atoms with Crippen LogP contribution >= 0.6 is 11.8 Å². The van der Waals surface area contributed by atoms with Crippen molar-refractivity contribution < 1.29 is 0 Å². The average Bonchev–Trinajstić information content (AvgIpc) is 2.72. The van der Waals surface area contributed by atoms with Gasteiger partial charge in [0, 0.05) is 18.2 Å². The number of anilines is 1. The standard InChI is InChI=1S/C15H23N3S/c1-11(2)15-17-13-10-12(16)6-7-14(13)18(15)8-4-5-9-19-3/h6-7,10-11H,4-5,8-9,16H2,1-3H3. The first-order valence-corrected chi connectivity index (χ1v) is 8.27. The molecule has 0 aliphatic heterocycles. The van der Waals surface area contributed by atoms with Gasteiger partial charge in [-0.3, -0.25) is 0 Å². The molecule has 0 saturated heterocycles. The van der Waals surface area contributed by atoms with E-state index in [4.69, 9.17) is 10.7 Å². The number of hydrogen-bond donors (Lipinski definition) is 1. The second-order valence-corrected chi connectivity index (χ2v) is 6.21. The number of imidazole rings is 1. The van der Waals surface area contributed by atoms with Crippen LogP contribution in [0.2, 0.25) is 0 Å². The zero-order chi connectivity index (χ0) is 13.8. The summed E-state index contributed by atoms with van der Waals surface area (Å²) in [6, 6.07) is 6.03. The summed E-state index contributed by atoms with van der Waals surface area (Å²) in [4.78, 5) is 4.75. The maximum absolute atomic E-state index is 5.85. The van der Waals surface area contributed by atoms with E-state index in [1.807, 2.05) is 23.9 Å². The number of nitrogen functional groups attached to an aromatic ring is 1. The summed E-state index contributed by atoms with van der Waals surface area (Å²) >= 11 is 1.91. The first-order chi connectivity index (χ1) is 9.13. The van der Waals surface area contributed by atoms with Crippen LogP contribution in [-0.4, -0.2) is 21.6 Å². The summed E-state index contributed by atoms with van der Waals surface area (Å²) < 4.78 is 2.36. The van der Waals surface area contributed by atoms with Gasteiger partial charge in [0.25, 0.3) is 0 Å². The van der Waals surface area contributed by atoms with Crippen molar-refractivity contribution in [2.45, 2.75) is 39.2 Å². The summed E-state index contributed by atoms with van der Waals surface area (Å²) in [5.74, 6) is 2.84. The van der Waals surface area contributed by atoms with Gasteiger partial charge in [-0.2, -0.15) is 11.8 Å². The fourth-order valence-corrected chi connectivity index (χ4v) is 2.85. The molecule has 0 aliphatic carbocycles. The Labute approximate surface area is 119 Å². The Morgan fingerprint density at radius 2 is 2.11 bits per heavy atom. The fraction of sp³-hybridized carbons (Fsp3) is 0.533. The Hall–Kier alpha value is -1.16. The van der Waals surface area contributed by atoms with E-state index < -0.39 is 0 Å². The highest BCUT2D eigenvalue weighted by molar-refractivity contribution is 7.98. The van der Waals surface area contributed by atoms with E-state index in [9.17, 15) is 0 Å². The summed E-state index contributed by atoms with van der Waals surface area (Å²) in [6.45, 7) is 5.44. The zero-order valence-electron chi connectivity index (χ0n) is 12.0. The molecule has 1 heterocycles. The quantitative estimate of drug-likeness (QED) is 0.643. The first-order valence-electron chi connectivity index (χ1n) is 6.88. The highest BCUT2D eigenvalue weighted by Crippen LogP contribution is 2.24. The van der Waals surface area contributed by atoms with Crippen LogP contribution in [0.1, 0.15) is 38.4 Å². The molecule has 0 atom stereocenters. The molecule has 3 nitrogen and oxygen atoms in total. The molecule has 104 valence electrons. The molecule has 0 bridgehead atoms. The molecule has 0 saturated carbocycles. The maximum Gasteiger partial charge on any atom is 0.112 e. The van der Waals surface area contributed by atoms with Crippen LogP contribution in [0.25, 0.3) is 11.0 Å². The smallest absolute Gasteiger partial charge is 0.112 e. The van der Waals surface area contributed by atoms with Gasteiger partial charge >= 0.3 is 0 Å². The topological polar surface area (TPSA) is 43.8 Å². The second kappa shape index (κ2) is 6.33. The average molecular weight is 277 g/mol. The van der Waals surface area contributed by atoms with Gasteiger partial charge in [0.2, 0.25) is 0 Å².